The van der Waals surface area contributed by atoms with Gasteiger partial charge in [0.1, 0.15) is 0 Å². The van der Waals surface area contributed by atoms with Crippen molar-refractivity contribution in [2.24, 2.45) is 4.99 Å². The summed E-state index contributed by atoms with van der Waals surface area (Å²) >= 11 is 0. The molecule has 41 heavy (non-hydrogen) atoms. The van der Waals surface area contributed by atoms with Crippen molar-refractivity contribution in [1.82, 2.24) is 5.32 Å². The number of carbonyl (C=O) groups is 1. The van der Waals surface area contributed by atoms with Crippen LogP contribution in [0.5, 0.6) is 0 Å². The first-order valence-electron chi connectivity index (χ1n) is 14.6. The van der Waals surface area contributed by atoms with Crippen LogP contribution >= 0.6 is 0 Å². The second-order valence-corrected chi connectivity index (χ2v) is 12.8. The Hall–Kier alpha value is -0.500. The predicted octanol–water partition coefficient (Wildman–Crippen LogP) is 4.29. The maximum atomic E-state index is 11.4. The minimum absolute atomic E-state index is 0. The zero-order valence-electron chi connectivity index (χ0n) is 25.2. The normalized spacial score (nSPS) is 12.2. The molecule has 0 fully saturated rings. The third-order valence-corrected chi connectivity index (χ3v) is 7.27. The van der Waals surface area contributed by atoms with Crippen molar-refractivity contribution in [3.8, 4) is 0 Å². The molecule has 0 saturated heterocycles. The minimum Gasteiger partial charge on any atom is -0.859 e. The van der Waals surface area contributed by atoms with E-state index < -0.39 is 20.2 Å². The summed E-state index contributed by atoms with van der Waals surface area (Å²) in [5.74, 6) is -1.07. The Morgan fingerprint density at radius 3 is 1.78 bits per heavy atom. The summed E-state index contributed by atoms with van der Waals surface area (Å²) in [7, 11) is -8.02. The van der Waals surface area contributed by atoms with Crippen LogP contribution in [0.15, 0.2) is 29.3 Å². The molecule has 0 aliphatic rings. The average molecular weight is 649 g/mol. The van der Waals surface area contributed by atoms with Crippen molar-refractivity contribution < 1.29 is 35.8 Å². The Morgan fingerprint density at radius 2 is 1.27 bits per heavy atom. The summed E-state index contributed by atoms with van der Waals surface area (Å²) in [5.41, 5.74) is 0. The molecule has 0 unspecified atom stereocenters. The Morgan fingerprint density at radius 1 is 0.756 bits per heavy atom. The zero-order valence-corrected chi connectivity index (χ0v) is 29.1. The van der Waals surface area contributed by atoms with E-state index in [0.29, 0.717) is 25.8 Å². The van der Waals surface area contributed by atoms with Crippen LogP contribution in [0.4, 0.5) is 0 Å². The van der Waals surface area contributed by atoms with E-state index in [1.165, 1.54) is 63.5 Å². The number of carbonyl (C=O) groups excluding carboxylic acids is 1. The third-order valence-electron chi connectivity index (χ3n) is 5.68. The molecule has 2 N–H and O–H groups in total. The molecule has 10 nitrogen and oxygen atoms in total. The van der Waals surface area contributed by atoms with E-state index in [9.17, 15) is 31.3 Å². The van der Waals surface area contributed by atoms with Gasteiger partial charge in [-0.3, -0.25) is 9.35 Å². The molecule has 0 bridgehead atoms. The molecule has 0 aliphatic carbocycles. The van der Waals surface area contributed by atoms with E-state index in [1.54, 1.807) is 0 Å². The van der Waals surface area contributed by atoms with E-state index in [1.807, 2.05) is 12.2 Å². The van der Waals surface area contributed by atoms with Crippen molar-refractivity contribution in [3.63, 3.8) is 0 Å². The molecule has 13 heteroatoms. The molecule has 0 aromatic carbocycles. The maximum absolute atomic E-state index is 11.4. The van der Waals surface area contributed by atoms with Crippen molar-refractivity contribution >= 4 is 69.8 Å². The maximum Gasteiger partial charge on any atom is 2.00 e. The topological polar surface area (TPSA) is 176 Å². The summed E-state index contributed by atoms with van der Waals surface area (Å²) in [6.07, 6.45) is 22.2. The Bertz CT molecular complexity index is 921. The van der Waals surface area contributed by atoms with Gasteiger partial charge in [0.15, 0.2) is 0 Å². The minimum atomic E-state index is -4.14. The summed E-state index contributed by atoms with van der Waals surface area (Å²) < 4.78 is 60.4. The van der Waals surface area contributed by atoms with Crippen LogP contribution in [0, 0.1) is 0 Å². The first kappa shape index (κ1) is 44.9. The van der Waals surface area contributed by atoms with Gasteiger partial charge in [-0.15, -0.1) is 0 Å². The molecule has 0 rings (SSSR count). The summed E-state index contributed by atoms with van der Waals surface area (Å²) in [5, 5.41) is 14.0. The van der Waals surface area contributed by atoms with Crippen molar-refractivity contribution in [1.29, 1.82) is 0 Å². The zero-order chi connectivity index (χ0) is 30.5. The van der Waals surface area contributed by atoms with Gasteiger partial charge in [0.05, 0.1) is 15.9 Å². The molecule has 0 radical (unpaired) electrons. The van der Waals surface area contributed by atoms with E-state index >= 15 is 0 Å². The van der Waals surface area contributed by atoms with Gasteiger partial charge in [-0.05, 0) is 63.3 Å². The predicted molar refractivity (Wildman–Crippen MR) is 166 cm³/mol. The van der Waals surface area contributed by atoms with Gasteiger partial charge in [-0.1, -0.05) is 83.4 Å². The number of hydrogen-bond acceptors (Lipinski definition) is 8. The number of aliphatic imine (C=N–C) groups is 1. The third kappa shape index (κ3) is 44.1. The standard InChI is InChI=1S/2C14H27NO4S.Ca/c2*1-2-3-4-5-6-7-8-11-14(16)15-12-9-10-13-20(17,18)19;/h2*8,11H,2-7,9-10,12-13H2,1H3,(H,15,16)(H,17,18,19);/q;;+2/p-2/b2*11-8+;. The second-order valence-electron chi connectivity index (χ2n) is 9.68. The quantitative estimate of drug-likeness (QED) is 0.0389. The Balaban J connectivity index is -0.000000688. The van der Waals surface area contributed by atoms with Gasteiger partial charge in [0.2, 0.25) is 5.91 Å². The smallest absolute Gasteiger partial charge is 0.859 e. The molecule has 0 heterocycles. The van der Waals surface area contributed by atoms with E-state index in [0.717, 1.165) is 25.7 Å². The van der Waals surface area contributed by atoms with Gasteiger partial charge in [0.25, 0.3) is 10.1 Å². The van der Waals surface area contributed by atoms with Gasteiger partial charge in [0, 0.05) is 18.8 Å². The Kier molecular flexibility index (Phi) is 33.9. The van der Waals surface area contributed by atoms with Crippen LogP contribution in [-0.2, 0) is 25.0 Å². The van der Waals surface area contributed by atoms with Crippen molar-refractivity contribution in [2.75, 3.05) is 24.6 Å². The number of allylic oxidation sites excluding steroid dienone is 2. The average Bonchev–Trinajstić information content (AvgIpc) is 2.86. The summed E-state index contributed by atoms with van der Waals surface area (Å²) in [4.78, 5) is 15.1. The largest absolute Gasteiger partial charge is 2.00 e. The molecule has 236 valence electrons. The van der Waals surface area contributed by atoms with Gasteiger partial charge in [-0.25, -0.2) is 8.42 Å². The molecule has 0 spiro atoms. The number of unbranched alkanes of at least 4 members (excludes halogenated alkanes) is 12. The SMILES string of the molecule is CCCCCCC/C=C/C(=O)NCCCCS(=O)(=O)O.CCCCCCC/C=C/C([O-])=NCCCCS(=O)(=O)[O-].[Ca+2]. The number of rotatable bonds is 24. The van der Waals surface area contributed by atoms with Crippen molar-refractivity contribution in [3.05, 3.63) is 24.3 Å². The van der Waals surface area contributed by atoms with Crippen LogP contribution in [0.25, 0.3) is 0 Å². The second kappa shape index (κ2) is 30.9. The molecule has 1 amide bonds. The summed E-state index contributed by atoms with van der Waals surface area (Å²) in [6, 6.07) is 0. The molecule has 0 saturated carbocycles. The fourth-order valence-corrected chi connectivity index (χ4v) is 4.55. The fourth-order valence-electron chi connectivity index (χ4n) is 3.42. The fraction of sp³-hybridized carbons (Fsp3) is 0.786. The van der Waals surface area contributed by atoms with E-state index in [-0.39, 0.29) is 74.0 Å². The van der Waals surface area contributed by atoms with Gasteiger partial charge >= 0.3 is 37.7 Å². The van der Waals surface area contributed by atoms with Gasteiger partial charge < -0.3 is 20.0 Å². The molecule has 0 atom stereocenters. The van der Waals surface area contributed by atoms with Crippen LogP contribution in [-0.4, -0.2) is 100 Å². The van der Waals surface area contributed by atoms with E-state index in [2.05, 4.69) is 24.2 Å². The van der Waals surface area contributed by atoms with E-state index in [4.69, 9.17) is 4.55 Å². The van der Waals surface area contributed by atoms with Crippen LogP contribution in [0.2, 0.25) is 0 Å². The van der Waals surface area contributed by atoms with Crippen LogP contribution in [0.3, 0.4) is 0 Å². The summed E-state index contributed by atoms with van der Waals surface area (Å²) in [6.45, 7) is 5.05. The molecular weight excluding hydrogens is 597 g/mol. The monoisotopic (exact) mass is 648 g/mol. The van der Waals surface area contributed by atoms with Crippen LogP contribution in [0.1, 0.15) is 117 Å². The molecule has 0 aliphatic heterocycles. The van der Waals surface area contributed by atoms with Gasteiger partial charge in [-0.2, -0.15) is 8.42 Å². The number of hydrogen-bond donors (Lipinski definition) is 2. The molecule has 0 aromatic heterocycles. The van der Waals surface area contributed by atoms with Crippen LogP contribution < -0.4 is 10.4 Å². The number of nitrogens with one attached hydrogen (secondary N) is 1. The first-order chi connectivity index (χ1) is 18.9. The molecule has 0 aromatic rings. The molecular formula is C28H52CaN2O8S2. The number of amides is 1. The van der Waals surface area contributed by atoms with Crippen molar-refractivity contribution in [2.45, 2.75) is 117 Å². The Labute approximate surface area is 279 Å². The number of nitrogens with zero attached hydrogens (tertiary/aromatic N) is 1. The first-order valence-corrected chi connectivity index (χ1v) is 17.8.